The summed E-state index contributed by atoms with van der Waals surface area (Å²) in [6, 6.07) is 8.80. The number of carbonyl (C=O) groups excluding carboxylic acids is 2. The van der Waals surface area contributed by atoms with E-state index in [0.29, 0.717) is 5.56 Å². The van der Waals surface area contributed by atoms with Crippen molar-refractivity contribution >= 4 is 11.9 Å². The number of hydrogen-bond donors (Lipinski definition) is 1. The van der Waals surface area contributed by atoms with Crippen LogP contribution in [-0.2, 0) is 25.6 Å². The molecule has 0 unspecified atom stereocenters. The highest BCUT2D eigenvalue weighted by Crippen LogP contribution is 2.04. The monoisotopic (exact) mass is 290 g/mol. The minimum absolute atomic E-state index is 0.186. The second-order valence-electron chi connectivity index (χ2n) is 4.11. The maximum atomic E-state index is 12.0. The van der Waals surface area contributed by atoms with Gasteiger partial charge in [-0.05, 0) is 31.5 Å². The number of nitrogens with zero attached hydrogens (tertiary/aromatic N) is 1. The van der Waals surface area contributed by atoms with Crippen molar-refractivity contribution in [2.75, 3.05) is 13.2 Å². The summed E-state index contributed by atoms with van der Waals surface area (Å²) in [4.78, 5) is 23.6. The van der Waals surface area contributed by atoms with E-state index in [4.69, 9.17) is 14.7 Å². The van der Waals surface area contributed by atoms with Crippen molar-refractivity contribution in [1.82, 2.24) is 5.32 Å². The van der Waals surface area contributed by atoms with E-state index in [0.717, 1.165) is 5.56 Å². The lowest BCUT2D eigenvalue weighted by molar-refractivity contribution is -0.161. The van der Waals surface area contributed by atoms with Crippen LogP contribution in [0, 0.1) is 11.3 Å². The number of esters is 1. The molecule has 0 spiro atoms. The largest absolute Gasteiger partial charge is 0.464 e. The van der Waals surface area contributed by atoms with Crippen molar-refractivity contribution in [3.05, 3.63) is 35.4 Å². The van der Waals surface area contributed by atoms with E-state index in [1.165, 1.54) is 0 Å². The third-order valence-electron chi connectivity index (χ3n) is 2.62. The summed E-state index contributed by atoms with van der Waals surface area (Å²) in [5.41, 5.74) is 1.37. The Hall–Kier alpha value is -2.39. The van der Waals surface area contributed by atoms with Crippen LogP contribution >= 0.6 is 0 Å². The lowest BCUT2D eigenvalue weighted by atomic mass is 10.1. The van der Waals surface area contributed by atoms with Crippen LogP contribution in [-0.4, -0.2) is 31.2 Å². The van der Waals surface area contributed by atoms with Crippen LogP contribution in [0.15, 0.2) is 24.3 Å². The smallest absolute Gasteiger partial charge is 0.345 e. The molecule has 0 radical (unpaired) electrons. The fraction of sp³-hybridized carbons (Fsp3) is 0.400. The maximum Gasteiger partial charge on any atom is 0.345 e. The summed E-state index contributed by atoms with van der Waals surface area (Å²) in [5, 5.41) is 11.3. The molecule has 6 heteroatoms. The number of nitrogens with one attached hydrogen (secondary N) is 1. The molecule has 0 fully saturated rings. The van der Waals surface area contributed by atoms with Crippen LogP contribution in [0.4, 0.5) is 0 Å². The molecule has 0 aliphatic rings. The van der Waals surface area contributed by atoms with E-state index in [1.807, 2.05) is 6.07 Å². The third-order valence-corrected chi connectivity index (χ3v) is 2.62. The van der Waals surface area contributed by atoms with Crippen molar-refractivity contribution in [3.63, 3.8) is 0 Å². The van der Waals surface area contributed by atoms with E-state index in [-0.39, 0.29) is 19.8 Å². The molecule has 21 heavy (non-hydrogen) atoms. The zero-order valence-corrected chi connectivity index (χ0v) is 12.1. The van der Waals surface area contributed by atoms with Gasteiger partial charge in [0.05, 0.1) is 18.2 Å². The van der Waals surface area contributed by atoms with Crippen LogP contribution in [0.25, 0.3) is 0 Å². The van der Waals surface area contributed by atoms with Gasteiger partial charge in [0.2, 0.25) is 6.10 Å². The van der Waals surface area contributed by atoms with Crippen molar-refractivity contribution in [2.45, 2.75) is 26.5 Å². The Morgan fingerprint density at radius 1 is 1.24 bits per heavy atom. The second-order valence-corrected chi connectivity index (χ2v) is 4.11. The summed E-state index contributed by atoms with van der Waals surface area (Å²) in [6.07, 6.45) is -1.26. The van der Waals surface area contributed by atoms with E-state index in [2.05, 4.69) is 5.32 Å². The minimum atomic E-state index is -1.26. The molecule has 0 bridgehead atoms. The normalized spacial score (nSPS) is 11.3. The Bertz CT molecular complexity index is 519. The number of carbonyl (C=O) groups is 2. The number of benzene rings is 1. The fourth-order valence-corrected chi connectivity index (χ4v) is 1.61. The zero-order chi connectivity index (χ0) is 15.7. The highest BCUT2D eigenvalue weighted by Gasteiger charge is 2.28. The van der Waals surface area contributed by atoms with Gasteiger partial charge in [-0.2, -0.15) is 5.26 Å². The molecule has 0 saturated heterocycles. The summed E-state index contributed by atoms with van der Waals surface area (Å²) in [7, 11) is 0. The van der Waals surface area contributed by atoms with Crippen molar-refractivity contribution < 1.29 is 19.1 Å². The minimum Gasteiger partial charge on any atom is -0.464 e. The molecule has 0 aliphatic heterocycles. The van der Waals surface area contributed by atoms with Gasteiger partial charge < -0.3 is 14.8 Å². The topological polar surface area (TPSA) is 88.4 Å². The van der Waals surface area contributed by atoms with Gasteiger partial charge >= 0.3 is 5.97 Å². The Kier molecular flexibility index (Phi) is 6.92. The summed E-state index contributed by atoms with van der Waals surface area (Å²) < 4.78 is 9.91. The first-order chi connectivity index (χ1) is 10.1. The van der Waals surface area contributed by atoms with Crippen LogP contribution in [0.5, 0.6) is 0 Å². The predicted molar refractivity (Wildman–Crippen MR) is 75.1 cm³/mol. The van der Waals surface area contributed by atoms with Gasteiger partial charge in [-0.15, -0.1) is 0 Å². The molecule has 1 aromatic rings. The fourth-order valence-electron chi connectivity index (χ4n) is 1.61. The van der Waals surface area contributed by atoms with Gasteiger partial charge in [0, 0.05) is 13.2 Å². The number of amides is 1. The van der Waals surface area contributed by atoms with E-state index in [9.17, 15) is 9.59 Å². The lowest BCUT2D eigenvalue weighted by Gasteiger charge is -2.15. The molecule has 1 atom stereocenters. The molecule has 1 rings (SSSR count). The van der Waals surface area contributed by atoms with Gasteiger partial charge in [0.15, 0.2) is 0 Å². The molecule has 0 aliphatic carbocycles. The summed E-state index contributed by atoms with van der Waals surface area (Å²) in [5.74, 6) is -1.24. The lowest BCUT2D eigenvalue weighted by Crippen LogP contribution is -2.42. The highest BCUT2D eigenvalue weighted by atomic mass is 16.6. The Balaban J connectivity index is 2.60. The first kappa shape index (κ1) is 16.7. The Morgan fingerprint density at radius 3 is 2.43 bits per heavy atom. The molecule has 0 aromatic heterocycles. The quantitative estimate of drug-likeness (QED) is 0.601. The van der Waals surface area contributed by atoms with E-state index in [1.54, 1.807) is 38.1 Å². The second kappa shape index (κ2) is 8.72. The molecule has 1 N–H and O–H groups in total. The van der Waals surface area contributed by atoms with Crippen LogP contribution in [0.2, 0.25) is 0 Å². The number of hydrogen-bond acceptors (Lipinski definition) is 5. The SMILES string of the molecule is CCOC(=O)[C@@H](OCC)C(=O)NCc1ccc(C#N)cc1. The average Bonchev–Trinajstić information content (AvgIpc) is 2.51. The summed E-state index contributed by atoms with van der Waals surface area (Å²) in [6.45, 7) is 4.02. The third kappa shape index (κ3) is 5.24. The zero-order valence-electron chi connectivity index (χ0n) is 12.1. The molecular formula is C15H18N2O4. The maximum absolute atomic E-state index is 12.0. The summed E-state index contributed by atoms with van der Waals surface area (Å²) >= 11 is 0. The first-order valence-electron chi connectivity index (χ1n) is 6.67. The van der Waals surface area contributed by atoms with Crippen molar-refractivity contribution in [3.8, 4) is 6.07 Å². The van der Waals surface area contributed by atoms with Crippen molar-refractivity contribution in [2.24, 2.45) is 0 Å². The van der Waals surface area contributed by atoms with E-state index < -0.39 is 18.0 Å². The number of rotatable bonds is 7. The van der Waals surface area contributed by atoms with Crippen LogP contribution in [0.3, 0.4) is 0 Å². The van der Waals surface area contributed by atoms with Gasteiger partial charge in [-0.25, -0.2) is 4.79 Å². The molecule has 112 valence electrons. The van der Waals surface area contributed by atoms with E-state index >= 15 is 0 Å². The standard InChI is InChI=1S/C15H18N2O4/c1-3-20-13(15(19)21-4-2)14(18)17-10-12-7-5-11(9-16)6-8-12/h5-8,13H,3-4,10H2,1-2H3,(H,17,18)/t13-/m0/s1. The Labute approximate surface area is 123 Å². The first-order valence-corrected chi connectivity index (χ1v) is 6.67. The van der Waals surface area contributed by atoms with Gasteiger partial charge in [-0.3, -0.25) is 4.79 Å². The molecule has 1 aromatic carbocycles. The highest BCUT2D eigenvalue weighted by molar-refractivity contribution is 6.00. The van der Waals surface area contributed by atoms with Gasteiger partial charge in [-0.1, -0.05) is 12.1 Å². The molecule has 0 heterocycles. The Morgan fingerprint density at radius 2 is 1.90 bits per heavy atom. The van der Waals surface area contributed by atoms with Crippen LogP contribution < -0.4 is 5.32 Å². The molecule has 0 saturated carbocycles. The molecular weight excluding hydrogens is 272 g/mol. The molecule has 1 amide bonds. The average molecular weight is 290 g/mol. The number of nitriles is 1. The number of ether oxygens (including phenoxy) is 2. The van der Waals surface area contributed by atoms with Gasteiger partial charge in [0.25, 0.3) is 5.91 Å². The molecule has 6 nitrogen and oxygen atoms in total. The predicted octanol–water partition coefficient (Wildman–Crippen LogP) is 1.14. The van der Waals surface area contributed by atoms with Gasteiger partial charge in [0.1, 0.15) is 0 Å². The van der Waals surface area contributed by atoms with Crippen LogP contribution in [0.1, 0.15) is 25.0 Å². The van der Waals surface area contributed by atoms with Crippen molar-refractivity contribution in [1.29, 1.82) is 5.26 Å².